The number of ether oxygens (including phenoxy) is 1. The Balaban J connectivity index is 2.74. The normalized spacial score (nSPS) is 11.9. The zero-order valence-corrected chi connectivity index (χ0v) is 11.0. The first kappa shape index (κ1) is 14.4. The van der Waals surface area contributed by atoms with Crippen LogP contribution in [0.2, 0.25) is 0 Å². The number of nitrogens with one attached hydrogen (secondary N) is 1. The zero-order valence-electron chi connectivity index (χ0n) is 9.42. The number of nitro benzene ring substituents is 1. The van der Waals surface area contributed by atoms with Gasteiger partial charge in [-0.2, -0.15) is 0 Å². The van der Waals surface area contributed by atoms with E-state index in [0.717, 1.165) is 0 Å². The lowest BCUT2D eigenvalue weighted by Gasteiger charge is -2.13. The van der Waals surface area contributed by atoms with E-state index in [1.807, 2.05) is 0 Å². The van der Waals surface area contributed by atoms with Gasteiger partial charge in [0.1, 0.15) is 0 Å². The van der Waals surface area contributed by atoms with E-state index in [9.17, 15) is 14.9 Å². The van der Waals surface area contributed by atoms with Gasteiger partial charge >= 0.3 is 5.97 Å². The van der Waals surface area contributed by atoms with Crippen LogP contribution in [0.15, 0.2) is 22.7 Å². The molecule has 1 unspecified atom stereocenters. The van der Waals surface area contributed by atoms with E-state index < -0.39 is 17.0 Å². The fourth-order valence-electron chi connectivity index (χ4n) is 1.24. The standard InChI is InChI=1S/C10H11BrN2O5/c1-18-9(10(14)15)5-12-8-3-2-6(13(16)17)4-7(8)11/h2-4,9,12H,5H2,1H3,(H,14,15). The van der Waals surface area contributed by atoms with Crippen LogP contribution in [0.4, 0.5) is 11.4 Å². The van der Waals surface area contributed by atoms with E-state index in [-0.39, 0.29) is 12.2 Å². The minimum Gasteiger partial charge on any atom is -0.479 e. The summed E-state index contributed by atoms with van der Waals surface area (Å²) >= 11 is 3.17. The quantitative estimate of drug-likeness (QED) is 0.613. The second-order valence-electron chi connectivity index (χ2n) is 3.36. The number of hydrogen-bond acceptors (Lipinski definition) is 5. The molecule has 0 bridgehead atoms. The molecule has 98 valence electrons. The monoisotopic (exact) mass is 318 g/mol. The molecule has 0 radical (unpaired) electrons. The molecule has 0 amide bonds. The molecule has 1 aromatic carbocycles. The van der Waals surface area contributed by atoms with Crippen LogP contribution in [-0.4, -0.2) is 35.8 Å². The number of halogens is 1. The maximum absolute atomic E-state index is 10.7. The first-order chi connectivity index (χ1) is 8.45. The number of nitrogens with zero attached hydrogens (tertiary/aromatic N) is 1. The summed E-state index contributed by atoms with van der Waals surface area (Å²) in [5.74, 6) is -1.08. The van der Waals surface area contributed by atoms with Crippen molar-refractivity contribution in [2.45, 2.75) is 6.10 Å². The molecule has 0 heterocycles. The van der Waals surface area contributed by atoms with Gasteiger partial charge in [-0.25, -0.2) is 4.79 Å². The highest BCUT2D eigenvalue weighted by Crippen LogP contribution is 2.27. The molecule has 0 fully saturated rings. The van der Waals surface area contributed by atoms with Crippen LogP contribution in [-0.2, 0) is 9.53 Å². The number of methoxy groups -OCH3 is 1. The fraction of sp³-hybridized carbons (Fsp3) is 0.300. The Morgan fingerprint density at radius 3 is 2.78 bits per heavy atom. The number of rotatable bonds is 6. The van der Waals surface area contributed by atoms with Crippen molar-refractivity contribution in [2.75, 3.05) is 19.0 Å². The fourth-order valence-corrected chi connectivity index (χ4v) is 1.74. The smallest absolute Gasteiger partial charge is 0.334 e. The third-order valence-corrected chi connectivity index (χ3v) is 2.86. The van der Waals surface area contributed by atoms with Gasteiger partial charge in [-0.3, -0.25) is 10.1 Å². The Morgan fingerprint density at radius 2 is 2.33 bits per heavy atom. The highest BCUT2D eigenvalue weighted by atomic mass is 79.9. The number of anilines is 1. The zero-order chi connectivity index (χ0) is 13.7. The summed E-state index contributed by atoms with van der Waals surface area (Å²) in [4.78, 5) is 20.7. The van der Waals surface area contributed by atoms with Crippen molar-refractivity contribution >= 4 is 33.3 Å². The molecule has 0 aliphatic rings. The number of aliphatic carboxylic acids is 1. The Labute approximate surface area is 111 Å². The molecule has 0 aromatic heterocycles. The predicted octanol–water partition coefficient (Wildman–Crippen LogP) is 1.87. The van der Waals surface area contributed by atoms with Crippen molar-refractivity contribution in [2.24, 2.45) is 0 Å². The van der Waals surface area contributed by atoms with Gasteiger partial charge in [0.25, 0.3) is 5.69 Å². The molecule has 1 atom stereocenters. The van der Waals surface area contributed by atoms with Crippen molar-refractivity contribution in [3.8, 4) is 0 Å². The Hall–Kier alpha value is -1.67. The Bertz CT molecular complexity index is 466. The number of benzene rings is 1. The number of carboxylic acids is 1. The minimum atomic E-state index is -1.08. The third kappa shape index (κ3) is 3.67. The van der Waals surface area contributed by atoms with Gasteiger partial charge < -0.3 is 15.2 Å². The maximum Gasteiger partial charge on any atom is 0.334 e. The average Bonchev–Trinajstić information content (AvgIpc) is 2.30. The molecule has 0 aliphatic carbocycles. The van der Waals surface area contributed by atoms with Crippen LogP contribution in [0.3, 0.4) is 0 Å². The number of carbonyl (C=O) groups is 1. The largest absolute Gasteiger partial charge is 0.479 e. The maximum atomic E-state index is 10.7. The molecule has 18 heavy (non-hydrogen) atoms. The topological polar surface area (TPSA) is 102 Å². The highest BCUT2D eigenvalue weighted by Gasteiger charge is 2.16. The molecule has 0 saturated carbocycles. The molecular weight excluding hydrogens is 308 g/mol. The van der Waals surface area contributed by atoms with Gasteiger partial charge in [-0.15, -0.1) is 0 Å². The summed E-state index contributed by atoms with van der Waals surface area (Å²) < 4.78 is 5.23. The molecule has 0 saturated heterocycles. The number of carboxylic acid groups (broad SMARTS) is 1. The van der Waals surface area contributed by atoms with E-state index in [2.05, 4.69) is 21.2 Å². The molecule has 8 heteroatoms. The lowest BCUT2D eigenvalue weighted by molar-refractivity contribution is -0.384. The second kappa shape index (κ2) is 6.31. The number of non-ortho nitro benzene ring substituents is 1. The average molecular weight is 319 g/mol. The van der Waals surface area contributed by atoms with E-state index in [0.29, 0.717) is 10.2 Å². The van der Waals surface area contributed by atoms with Crippen LogP contribution >= 0.6 is 15.9 Å². The summed E-state index contributed by atoms with van der Waals surface area (Å²) in [6, 6.07) is 4.16. The van der Waals surface area contributed by atoms with Gasteiger partial charge in [0, 0.05) is 29.4 Å². The SMILES string of the molecule is COC(CNc1ccc([N+](=O)[O-])cc1Br)C(=O)O. The summed E-state index contributed by atoms with van der Waals surface area (Å²) in [7, 11) is 1.30. The van der Waals surface area contributed by atoms with Crippen molar-refractivity contribution in [3.05, 3.63) is 32.8 Å². The highest BCUT2D eigenvalue weighted by molar-refractivity contribution is 9.10. The van der Waals surface area contributed by atoms with Crippen LogP contribution in [0.5, 0.6) is 0 Å². The van der Waals surface area contributed by atoms with Crippen LogP contribution in [0, 0.1) is 10.1 Å². The number of hydrogen-bond donors (Lipinski definition) is 2. The van der Waals surface area contributed by atoms with Crippen LogP contribution in [0.1, 0.15) is 0 Å². The minimum absolute atomic E-state index is 0.0473. The molecule has 1 rings (SSSR count). The molecule has 0 spiro atoms. The van der Waals surface area contributed by atoms with Gasteiger partial charge in [-0.1, -0.05) is 0 Å². The van der Waals surface area contributed by atoms with Crippen molar-refractivity contribution in [1.29, 1.82) is 0 Å². The summed E-state index contributed by atoms with van der Waals surface area (Å²) in [6.07, 6.45) is -0.980. The van der Waals surface area contributed by atoms with Crippen molar-refractivity contribution in [3.63, 3.8) is 0 Å². The van der Waals surface area contributed by atoms with Gasteiger partial charge in [0.2, 0.25) is 0 Å². The summed E-state index contributed by atoms with van der Waals surface area (Å²) in [5.41, 5.74) is 0.512. The summed E-state index contributed by atoms with van der Waals surface area (Å²) in [5, 5.41) is 22.1. The van der Waals surface area contributed by atoms with Crippen molar-refractivity contribution in [1.82, 2.24) is 0 Å². The predicted molar refractivity (Wildman–Crippen MR) is 67.7 cm³/mol. The van der Waals surface area contributed by atoms with Gasteiger partial charge in [0.05, 0.1) is 11.5 Å². The third-order valence-electron chi connectivity index (χ3n) is 2.20. The van der Waals surface area contributed by atoms with E-state index in [1.54, 1.807) is 0 Å². The van der Waals surface area contributed by atoms with E-state index in [4.69, 9.17) is 9.84 Å². The lowest BCUT2D eigenvalue weighted by atomic mass is 10.2. The summed E-state index contributed by atoms with van der Waals surface area (Å²) in [6.45, 7) is 0.0578. The first-order valence-electron chi connectivity index (χ1n) is 4.89. The van der Waals surface area contributed by atoms with E-state index >= 15 is 0 Å². The lowest BCUT2D eigenvalue weighted by Crippen LogP contribution is -2.30. The van der Waals surface area contributed by atoms with Crippen LogP contribution < -0.4 is 5.32 Å². The second-order valence-corrected chi connectivity index (χ2v) is 4.22. The molecular formula is C10H11BrN2O5. The molecule has 0 aliphatic heterocycles. The molecule has 1 aromatic rings. The molecule has 2 N–H and O–H groups in total. The van der Waals surface area contributed by atoms with Gasteiger partial charge in [0.15, 0.2) is 6.10 Å². The van der Waals surface area contributed by atoms with Crippen LogP contribution in [0.25, 0.3) is 0 Å². The van der Waals surface area contributed by atoms with Gasteiger partial charge in [-0.05, 0) is 22.0 Å². The first-order valence-corrected chi connectivity index (χ1v) is 5.68. The Morgan fingerprint density at radius 1 is 1.67 bits per heavy atom. The van der Waals surface area contributed by atoms with Crippen molar-refractivity contribution < 1.29 is 19.6 Å². The Kier molecular flexibility index (Phi) is 5.05. The number of nitro groups is 1. The van der Waals surface area contributed by atoms with E-state index in [1.165, 1.54) is 25.3 Å². The molecule has 7 nitrogen and oxygen atoms in total.